The normalized spacial score (nSPS) is 11.8. The van der Waals surface area contributed by atoms with Crippen LogP contribution in [0.1, 0.15) is 25.3 Å². The quantitative estimate of drug-likeness (QED) is 0.882. The first kappa shape index (κ1) is 14.3. The minimum atomic E-state index is -1.03. The highest BCUT2D eigenvalue weighted by Gasteiger charge is 2.24. The lowest BCUT2D eigenvalue weighted by atomic mass is 9.98. The van der Waals surface area contributed by atoms with Crippen molar-refractivity contribution in [3.8, 4) is 5.75 Å². The zero-order valence-corrected chi connectivity index (χ0v) is 11.0. The first-order valence-electron chi connectivity index (χ1n) is 5.25. The largest absolute Gasteiger partial charge is 0.495 e. The lowest BCUT2D eigenvalue weighted by Gasteiger charge is -2.18. The summed E-state index contributed by atoms with van der Waals surface area (Å²) in [6.07, 6.45) is 0. The molecule has 0 aliphatic carbocycles. The summed E-state index contributed by atoms with van der Waals surface area (Å²) in [5, 5.41) is 11.9. The Balaban J connectivity index is 3.44. The number of hydrogen-bond acceptors (Lipinski definition) is 3. The Bertz CT molecular complexity index is 487. The summed E-state index contributed by atoms with van der Waals surface area (Å²) in [6.45, 7) is 2.82. The first-order valence-corrected chi connectivity index (χ1v) is 5.63. The van der Waals surface area contributed by atoms with Crippen molar-refractivity contribution in [3.63, 3.8) is 0 Å². The molecule has 6 heteroatoms. The number of amides is 1. The molecule has 0 radical (unpaired) electrons. The van der Waals surface area contributed by atoms with E-state index in [1.807, 2.05) is 0 Å². The number of nitrogens with one attached hydrogen (secondary N) is 1. The zero-order chi connectivity index (χ0) is 13.9. The molecule has 2 N–H and O–H groups in total. The van der Waals surface area contributed by atoms with Gasteiger partial charge in [-0.2, -0.15) is 0 Å². The molecule has 1 unspecified atom stereocenters. The highest BCUT2D eigenvalue weighted by atomic mass is 35.5. The van der Waals surface area contributed by atoms with E-state index in [-0.39, 0.29) is 10.9 Å². The van der Waals surface area contributed by atoms with Crippen molar-refractivity contribution < 1.29 is 19.4 Å². The third kappa shape index (κ3) is 2.92. The van der Waals surface area contributed by atoms with E-state index in [4.69, 9.17) is 21.4 Å². The van der Waals surface area contributed by atoms with Crippen molar-refractivity contribution in [1.29, 1.82) is 0 Å². The van der Waals surface area contributed by atoms with E-state index in [0.29, 0.717) is 17.0 Å². The van der Waals surface area contributed by atoms with E-state index in [1.54, 1.807) is 12.1 Å². The summed E-state index contributed by atoms with van der Waals surface area (Å²) in [6, 6.07) is 3.12. The first-order chi connectivity index (χ1) is 8.38. The lowest BCUT2D eigenvalue weighted by molar-refractivity contribution is -0.138. The van der Waals surface area contributed by atoms with Crippen molar-refractivity contribution in [2.75, 3.05) is 12.4 Å². The molecule has 0 fully saturated rings. The molecule has 0 saturated heterocycles. The molecule has 0 aromatic heterocycles. The number of carboxylic acid groups (broad SMARTS) is 1. The summed E-state index contributed by atoms with van der Waals surface area (Å²) in [5.74, 6) is -1.83. The van der Waals surface area contributed by atoms with Gasteiger partial charge in [0.05, 0.1) is 18.7 Å². The van der Waals surface area contributed by atoms with E-state index < -0.39 is 11.9 Å². The maximum absolute atomic E-state index is 11.2. The number of aliphatic carboxylic acids is 1. The van der Waals surface area contributed by atoms with Crippen molar-refractivity contribution in [2.24, 2.45) is 0 Å². The van der Waals surface area contributed by atoms with E-state index >= 15 is 0 Å². The molecular formula is C12H14ClNO4. The third-order valence-corrected chi connectivity index (χ3v) is 2.81. The molecule has 5 nitrogen and oxygen atoms in total. The van der Waals surface area contributed by atoms with E-state index in [1.165, 1.54) is 21.0 Å². The van der Waals surface area contributed by atoms with E-state index in [9.17, 15) is 9.59 Å². The van der Waals surface area contributed by atoms with Crippen LogP contribution in [0.3, 0.4) is 0 Å². The average molecular weight is 272 g/mol. The minimum absolute atomic E-state index is 0.273. The van der Waals surface area contributed by atoms with Gasteiger partial charge in [-0.3, -0.25) is 9.59 Å². The Labute approximate surface area is 110 Å². The van der Waals surface area contributed by atoms with Crippen molar-refractivity contribution in [3.05, 3.63) is 22.7 Å². The molecule has 0 spiro atoms. The van der Waals surface area contributed by atoms with Gasteiger partial charge in [-0.05, 0) is 19.1 Å². The Kier molecular flexibility index (Phi) is 4.55. The van der Waals surface area contributed by atoms with Gasteiger partial charge in [0.2, 0.25) is 5.91 Å². The summed E-state index contributed by atoms with van der Waals surface area (Å²) in [5.41, 5.74) is 0.631. The van der Waals surface area contributed by atoms with Gasteiger partial charge in [0.15, 0.2) is 0 Å². The monoisotopic (exact) mass is 271 g/mol. The number of rotatable bonds is 4. The molecule has 98 valence electrons. The van der Waals surface area contributed by atoms with Crippen LogP contribution in [0.2, 0.25) is 5.02 Å². The minimum Gasteiger partial charge on any atom is -0.495 e. The average Bonchev–Trinajstić information content (AvgIpc) is 2.28. The van der Waals surface area contributed by atoms with Gasteiger partial charge in [0, 0.05) is 17.5 Å². The molecule has 0 saturated carbocycles. The molecule has 1 aromatic carbocycles. The molecule has 0 heterocycles. The van der Waals surface area contributed by atoms with Crippen LogP contribution in [0.15, 0.2) is 12.1 Å². The topological polar surface area (TPSA) is 75.6 Å². The molecule has 0 aliphatic heterocycles. The Morgan fingerprint density at radius 3 is 2.50 bits per heavy atom. The maximum atomic E-state index is 11.2. The Hall–Kier alpha value is -1.75. The second-order valence-corrected chi connectivity index (χ2v) is 4.19. The summed E-state index contributed by atoms with van der Waals surface area (Å²) in [7, 11) is 1.43. The summed E-state index contributed by atoms with van der Waals surface area (Å²) < 4.78 is 5.11. The van der Waals surface area contributed by atoms with Gasteiger partial charge in [0.25, 0.3) is 0 Å². The molecule has 1 atom stereocenters. The van der Waals surface area contributed by atoms with Crippen LogP contribution in [0.25, 0.3) is 0 Å². The fourth-order valence-electron chi connectivity index (χ4n) is 1.60. The molecule has 18 heavy (non-hydrogen) atoms. The number of halogens is 1. The van der Waals surface area contributed by atoms with Crippen molar-refractivity contribution in [2.45, 2.75) is 19.8 Å². The van der Waals surface area contributed by atoms with Gasteiger partial charge in [-0.15, -0.1) is 0 Å². The van der Waals surface area contributed by atoms with Gasteiger partial charge in [-0.25, -0.2) is 0 Å². The fourth-order valence-corrected chi connectivity index (χ4v) is 1.92. The smallest absolute Gasteiger partial charge is 0.310 e. The zero-order valence-electron chi connectivity index (χ0n) is 10.3. The van der Waals surface area contributed by atoms with Crippen molar-refractivity contribution in [1.82, 2.24) is 0 Å². The lowest BCUT2D eigenvalue weighted by Crippen LogP contribution is -2.15. The van der Waals surface area contributed by atoms with E-state index in [0.717, 1.165) is 0 Å². The second kappa shape index (κ2) is 5.73. The maximum Gasteiger partial charge on any atom is 0.310 e. The second-order valence-electron chi connectivity index (χ2n) is 3.78. The third-order valence-electron chi connectivity index (χ3n) is 2.48. The van der Waals surface area contributed by atoms with Crippen molar-refractivity contribution >= 4 is 29.2 Å². The van der Waals surface area contributed by atoms with Crippen LogP contribution in [-0.2, 0) is 9.59 Å². The van der Waals surface area contributed by atoms with Crippen LogP contribution in [0.5, 0.6) is 5.75 Å². The SMILES string of the molecule is COc1ccc(Cl)c(C(C)C(=O)O)c1NC(C)=O. The van der Waals surface area contributed by atoms with Gasteiger partial charge >= 0.3 is 5.97 Å². The van der Waals surface area contributed by atoms with Crippen LogP contribution in [0, 0.1) is 0 Å². The summed E-state index contributed by atoms with van der Waals surface area (Å²) in [4.78, 5) is 22.3. The Morgan fingerprint density at radius 2 is 2.06 bits per heavy atom. The number of anilines is 1. The van der Waals surface area contributed by atoms with Crippen LogP contribution < -0.4 is 10.1 Å². The number of hydrogen-bond donors (Lipinski definition) is 2. The number of benzene rings is 1. The number of carboxylic acids is 1. The molecule has 1 aromatic rings. The predicted molar refractivity (Wildman–Crippen MR) is 68.4 cm³/mol. The van der Waals surface area contributed by atoms with Gasteiger partial charge < -0.3 is 15.2 Å². The highest BCUT2D eigenvalue weighted by molar-refractivity contribution is 6.32. The Morgan fingerprint density at radius 1 is 1.44 bits per heavy atom. The molecule has 0 aliphatic rings. The van der Waals surface area contributed by atoms with Crippen LogP contribution >= 0.6 is 11.6 Å². The summed E-state index contributed by atoms with van der Waals surface area (Å²) >= 11 is 6.01. The number of methoxy groups -OCH3 is 1. The fraction of sp³-hybridized carbons (Fsp3) is 0.333. The highest BCUT2D eigenvalue weighted by Crippen LogP contribution is 2.38. The number of carbonyl (C=O) groups excluding carboxylic acids is 1. The van der Waals surface area contributed by atoms with E-state index in [2.05, 4.69) is 5.32 Å². The van der Waals surface area contributed by atoms with Crippen LogP contribution in [-0.4, -0.2) is 24.1 Å². The van der Waals surface area contributed by atoms with Gasteiger partial charge in [-0.1, -0.05) is 11.6 Å². The van der Waals surface area contributed by atoms with Crippen LogP contribution in [0.4, 0.5) is 5.69 Å². The molecule has 1 amide bonds. The number of ether oxygens (including phenoxy) is 1. The number of carbonyl (C=O) groups is 2. The standard InChI is InChI=1S/C12H14ClNO4/c1-6(12(16)17)10-8(13)4-5-9(18-3)11(10)14-7(2)15/h4-6H,1-3H3,(H,14,15)(H,16,17). The molecule has 0 bridgehead atoms. The van der Waals surface area contributed by atoms with Gasteiger partial charge in [0.1, 0.15) is 5.75 Å². The molecule has 1 rings (SSSR count). The molecular weight excluding hydrogens is 258 g/mol. The predicted octanol–water partition coefficient (Wildman–Crippen LogP) is 2.50.